The number of hydrogen-bond donors (Lipinski definition) is 0. The topological polar surface area (TPSA) is 72.7 Å². The zero-order valence-corrected chi connectivity index (χ0v) is 15.4. The highest BCUT2D eigenvalue weighted by molar-refractivity contribution is 8.27. The van der Waals surface area contributed by atoms with E-state index in [1.807, 2.05) is 31.2 Å². The van der Waals surface area contributed by atoms with Gasteiger partial charge in [-0.05, 0) is 42.8 Å². The minimum atomic E-state index is -0.487. The normalized spacial score (nSPS) is 15.6. The van der Waals surface area contributed by atoms with Crippen molar-refractivity contribution in [1.82, 2.24) is 0 Å². The van der Waals surface area contributed by atoms with Crippen LogP contribution in [0.25, 0.3) is 6.08 Å². The third-order valence-corrected chi connectivity index (χ3v) is 4.88. The second-order valence-electron chi connectivity index (χ2n) is 5.30. The van der Waals surface area contributed by atoms with Gasteiger partial charge < -0.3 is 4.74 Å². The molecule has 0 aliphatic carbocycles. The molecule has 1 fully saturated rings. The van der Waals surface area contributed by atoms with Gasteiger partial charge in [-0.25, -0.2) is 0 Å². The van der Waals surface area contributed by atoms with Crippen molar-refractivity contribution >= 4 is 51.7 Å². The van der Waals surface area contributed by atoms with Crippen LogP contribution in [0.15, 0.2) is 53.4 Å². The Morgan fingerprint density at radius 2 is 2.00 bits per heavy atom. The molecule has 2 aromatic rings. The zero-order valence-electron chi connectivity index (χ0n) is 13.7. The van der Waals surface area contributed by atoms with E-state index < -0.39 is 4.92 Å². The van der Waals surface area contributed by atoms with Gasteiger partial charge in [0.15, 0.2) is 4.32 Å². The van der Waals surface area contributed by atoms with E-state index in [0.29, 0.717) is 21.5 Å². The Morgan fingerprint density at radius 3 is 2.65 bits per heavy atom. The molecule has 8 heteroatoms. The second-order valence-corrected chi connectivity index (χ2v) is 6.97. The summed E-state index contributed by atoms with van der Waals surface area (Å²) in [4.78, 5) is 24.9. The van der Waals surface area contributed by atoms with E-state index >= 15 is 0 Å². The van der Waals surface area contributed by atoms with Crippen LogP contribution in [-0.2, 0) is 4.79 Å². The Labute approximate surface area is 159 Å². The molecule has 3 rings (SSSR count). The first kappa shape index (κ1) is 18.1. The molecule has 1 amide bonds. The number of carbonyl (C=O) groups excluding carboxylic acids is 1. The molecule has 0 radical (unpaired) electrons. The smallest absolute Gasteiger partial charge is 0.270 e. The predicted octanol–water partition coefficient (Wildman–Crippen LogP) is 4.40. The van der Waals surface area contributed by atoms with Crippen molar-refractivity contribution in [1.29, 1.82) is 0 Å². The van der Waals surface area contributed by atoms with E-state index in [4.69, 9.17) is 17.0 Å². The molecule has 1 aliphatic heterocycles. The number of amides is 1. The van der Waals surface area contributed by atoms with Crippen LogP contribution in [0.2, 0.25) is 0 Å². The first-order valence-electron chi connectivity index (χ1n) is 7.75. The number of thiocarbonyl (C=S) groups is 1. The number of thioether (sulfide) groups is 1. The first-order valence-corrected chi connectivity index (χ1v) is 8.97. The van der Waals surface area contributed by atoms with Crippen LogP contribution < -0.4 is 9.64 Å². The molecule has 1 heterocycles. The van der Waals surface area contributed by atoms with Crippen molar-refractivity contribution in [2.75, 3.05) is 11.5 Å². The average Bonchev–Trinajstić information content (AvgIpc) is 2.89. The van der Waals surface area contributed by atoms with Crippen molar-refractivity contribution in [3.05, 3.63) is 69.1 Å². The van der Waals surface area contributed by atoms with Gasteiger partial charge >= 0.3 is 0 Å². The molecule has 1 aliphatic rings. The number of anilines is 1. The quantitative estimate of drug-likeness (QED) is 0.328. The van der Waals surface area contributed by atoms with Crippen molar-refractivity contribution in [3.8, 4) is 5.75 Å². The fourth-order valence-corrected chi connectivity index (χ4v) is 3.72. The van der Waals surface area contributed by atoms with E-state index in [1.54, 1.807) is 6.08 Å². The van der Waals surface area contributed by atoms with Crippen LogP contribution in [0, 0.1) is 10.1 Å². The average molecular weight is 386 g/mol. The molecule has 1 saturated heterocycles. The fraction of sp³-hybridized carbons (Fsp3) is 0.111. The summed E-state index contributed by atoms with van der Waals surface area (Å²) in [6.45, 7) is 2.47. The largest absolute Gasteiger partial charge is 0.494 e. The van der Waals surface area contributed by atoms with Crippen LogP contribution in [0.4, 0.5) is 11.4 Å². The van der Waals surface area contributed by atoms with Gasteiger partial charge in [-0.2, -0.15) is 0 Å². The molecule has 0 atom stereocenters. The van der Waals surface area contributed by atoms with Gasteiger partial charge in [0.25, 0.3) is 11.6 Å². The summed E-state index contributed by atoms with van der Waals surface area (Å²) < 4.78 is 5.85. The molecule has 0 bridgehead atoms. The van der Waals surface area contributed by atoms with Crippen LogP contribution in [-0.4, -0.2) is 21.8 Å². The van der Waals surface area contributed by atoms with E-state index in [0.717, 1.165) is 11.3 Å². The van der Waals surface area contributed by atoms with Gasteiger partial charge in [0.2, 0.25) is 0 Å². The van der Waals surface area contributed by atoms with Gasteiger partial charge in [-0.15, -0.1) is 0 Å². The van der Waals surface area contributed by atoms with Crippen LogP contribution in [0.3, 0.4) is 0 Å². The molecule has 0 aromatic heterocycles. The van der Waals surface area contributed by atoms with Crippen molar-refractivity contribution in [2.45, 2.75) is 6.92 Å². The Balaban J connectivity index is 1.86. The molecule has 2 aromatic carbocycles. The van der Waals surface area contributed by atoms with Crippen LogP contribution in [0.5, 0.6) is 5.75 Å². The monoisotopic (exact) mass is 386 g/mol. The van der Waals surface area contributed by atoms with Crippen molar-refractivity contribution in [2.24, 2.45) is 0 Å². The lowest BCUT2D eigenvalue weighted by molar-refractivity contribution is -0.384. The summed E-state index contributed by atoms with van der Waals surface area (Å²) in [6.07, 6.45) is 1.76. The zero-order chi connectivity index (χ0) is 18.7. The standard InChI is InChI=1S/C18H14N2O4S2/c1-2-24-15-5-3-4-12(10-15)11-16-17(21)19(18(25)26-16)13-6-8-14(9-7-13)20(22)23/h3-11H,2H2,1H3/b16-11+. The number of nitro groups is 1. The molecule has 0 unspecified atom stereocenters. The Morgan fingerprint density at radius 1 is 1.27 bits per heavy atom. The number of nitrogens with zero attached hydrogens (tertiary/aromatic N) is 2. The first-order chi connectivity index (χ1) is 12.5. The van der Waals surface area contributed by atoms with Crippen LogP contribution in [0.1, 0.15) is 12.5 Å². The molecule has 132 valence electrons. The number of non-ortho nitro benzene ring substituents is 1. The van der Waals surface area contributed by atoms with E-state index in [9.17, 15) is 14.9 Å². The number of ether oxygens (including phenoxy) is 1. The lowest BCUT2D eigenvalue weighted by Gasteiger charge is -2.13. The molecule has 0 saturated carbocycles. The molecular formula is C18H14N2O4S2. The van der Waals surface area contributed by atoms with E-state index in [1.165, 1.54) is 40.9 Å². The highest BCUT2D eigenvalue weighted by Crippen LogP contribution is 2.36. The summed E-state index contributed by atoms with van der Waals surface area (Å²) in [5.74, 6) is 0.475. The third-order valence-electron chi connectivity index (χ3n) is 3.58. The minimum Gasteiger partial charge on any atom is -0.494 e. The minimum absolute atomic E-state index is 0.0394. The summed E-state index contributed by atoms with van der Waals surface area (Å²) in [6, 6.07) is 13.2. The Bertz CT molecular complexity index is 910. The number of carbonyl (C=O) groups is 1. The fourth-order valence-electron chi connectivity index (χ4n) is 2.43. The maximum absolute atomic E-state index is 12.7. The highest BCUT2D eigenvalue weighted by Gasteiger charge is 2.33. The maximum atomic E-state index is 12.7. The second kappa shape index (κ2) is 7.67. The summed E-state index contributed by atoms with van der Waals surface area (Å²) in [5, 5.41) is 10.8. The molecule has 0 N–H and O–H groups in total. The number of nitro benzene ring substituents is 1. The van der Waals surface area contributed by atoms with Gasteiger partial charge in [0, 0.05) is 12.1 Å². The van der Waals surface area contributed by atoms with Gasteiger partial charge in [-0.1, -0.05) is 36.1 Å². The Hall–Kier alpha value is -2.71. The molecule has 0 spiro atoms. The van der Waals surface area contributed by atoms with Crippen molar-refractivity contribution < 1.29 is 14.5 Å². The van der Waals surface area contributed by atoms with Gasteiger partial charge in [0.1, 0.15) is 5.75 Å². The lowest BCUT2D eigenvalue weighted by Crippen LogP contribution is -2.27. The predicted molar refractivity (Wildman–Crippen MR) is 106 cm³/mol. The van der Waals surface area contributed by atoms with E-state index in [2.05, 4.69) is 0 Å². The SMILES string of the molecule is CCOc1cccc(/C=C2/SC(=S)N(c3ccc([N+](=O)[O-])cc3)C2=O)c1. The summed E-state index contributed by atoms with van der Waals surface area (Å²) in [5.41, 5.74) is 1.30. The Kier molecular flexibility index (Phi) is 5.34. The summed E-state index contributed by atoms with van der Waals surface area (Å²) in [7, 11) is 0. The number of rotatable bonds is 5. The van der Waals surface area contributed by atoms with Crippen molar-refractivity contribution in [3.63, 3.8) is 0 Å². The number of hydrogen-bond acceptors (Lipinski definition) is 6. The maximum Gasteiger partial charge on any atom is 0.270 e. The summed E-state index contributed by atoms with van der Waals surface area (Å²) >= 11 is 6.51. The molecular weight excluding hydrogens is 372 g/mol. The van der Waals surface area contributed by atoms with Gasteiger partial charge in [0.05, 0.1) is 22.1 Å². The highest BCUT2D eigenvalue weighted by atomic mass is 32.2. The molecule has 26 heavy (non-hydrogen) atoms. The van der Waals surface area contributed by atoms with Crippen LogP contribution >= 0.6 is 24.0 Å². The lowest BCUT2D eigenvalue weighted by atomic mass is 10.2. The third kappa shape index (κ3) is 3.76. The molecule has 6 nitrogen and oxygen atoms in total. The number of benzene rings is 2. The van der Waals surface area contributed by atoms with E-state index in [-0.39, 0.29) is 11.6 Å². The van der Waals surface area contributed by atoms with Gasteiger partial charge in [-0.3, -0.25) is 19.8 Å².